The van der Waals surface area contributed by atoms with Gasteiger partial charge in [0.2, 0.25) is 17.7 Å². The molecule has 2 saturated carbocycles. The van der Waals surface area contributed by atoms with Crippen LogP contribution in [0, 0.1) is 11.8 Å². The zero-order valence-corrected chi connectivity index (χ0v) is 45.5. The topological polar surface area (TPSA) is 145 Å². The van der Waals surface area contributed by atoms with Crippen LogP contribution in [0.4, 0.5) is 9.59 Å². The predicted octanol–water partition coefficient (Wildman–Crippen LogP) is 10.1. The molecule has 0 radical (unpaired) electrons. The van der Waals surface area contributed by atoms with E-state index in [1.165, 1.54) is 0 Å². The Morgan fingerprint density at radius 1 is 0.522 bits per heavy atom. The van der Waals surface area contributed by atoms with Crippen molar-refractivity contribution in [1.82, 2.24) is 29.6 Å². The zero-order chi connectivity index (χ0) is 49.5. The van der Waals surface area contributed by atoms with E-state index in [0.29, 0.717) is 55.8 Å². The number of rotatable bonds is 11. The molecule has 8 rings (SSSR count). The fourth-order valence-corrected chi connectivity index (χ4v) is 10.9. The second-order valence-electron chi connectivity index (χ2n) is 22.4. The molecule has 15 nitrogen and oxygen atoms in total. The molecule has 2 aromatic heterocycles. The Bertz CT molecular complexity index is 1990. The lowest BCUT2D eigenvalue weighted by molar-refractivity contribution is -0.143. The maximum Gasteiger partial charge on any atom is 0.410 e. The minimum Gasteiger partial charge on any atom is -0.474 e. The summed E-state index contributed by atoms with van der Waals surface area (Å²) in [4.78, 5) is 54.4. The maximum absolute atomic E-state index is 13.0. The Hall–Kier alpha value is -3.25. The normalized spacial score (nSPS) is 24.9. The van der Waals surface area contributed by atoms with Gasteiger partial charge < -0.3 is 43.1 Å². The number of carbonyl (C=O) groups is 3. The van der Waals surface area contributed by atoms with E-state index in [2.05, 4.69) is 60.6 Å². The summed E-state index contributed by atoms with van der Waals surface area (Å²) in [5, 5.41) is 0. The molecule has 0 atom stereocenters. The molecule has 0 unspecified atom stereocenters. The largest absolute Gasteiger partial charge is 0.474 e. The van der Waals surface area contributed by atoms with Gasteiger partial charge in [-0.2, -0.15) is 0 Å². The number of ether oxygens (including phenoxy) is 6. The number of hydrogen-bond donors (Lipinski definition) is 0. The summed E-state index contributed by atoms with van der Waals surface area (Å²) in [6.45, 7) is 22.5. The quantitative estimate of drug-likeness (QED) is 0.211. The van der Waals surface area contributed by atoms with Crippen LogP contribution in [-0.4, -0.2) is 153 Å². The van der Waals surface area contributed by atoms with E-state index in [1.54, 1.807) is 17.3 Å². The summed E-state index contributed by atoms with van der Waals surface area (Å²) in [5.41, 5.74) is -0.818. The van der Waals surface area contributed by atoms with E-state index in [9.17, 15) is 14.4 Å². The number of likely N-dealkylation sites (tertiary alicyclic amines) is 4. The van der Waals surface area contributed by atoms with Crippen LogP contribution in [-0.2, 0) is 23.7 Å². The van der Waals surface area contributed by atoms with Crippen LogP contribution < -0.4 is 9.47 Å². The van der Waals surface area contributed by atoms with Gasteiger partial charge in [0, 0.05) is 123 Å². The zero-order valence-electron chi connectivity index (χ0n) is 42.3. The number of halogens is 2. The van der Waals surface area contributed by atoms with Gasteiger partial charge in [-0.3, -0.25) is 9.69 Å². The number of aromatic nitrogens is 2. The van der Waals surface area contributed by atoms with Crippen molar-refractivity contribution in [2.45, 2.75) is 186 Å². The molecule has 2 aromatic rings. The van der Waals surface area contributed by atoms with E-state index >= 15 is 0 Å². The SMILES string of the molecule is CC(C)(C)OC(=O)N1CCC(C(=O)N2CCC(OC3CC(Oc4cc(Br)ccn4)C3)CC2)CC1.CC(C)(C)OC(=O)N1CCC(C(C)(C)N2CCC(OC3CC(Oc4cc(Br)ccn4)C3)CC2)CC1. The monoisotopic (exact) mass is 1090 g/mol. The lowest BCUT2D eigenvalue weighted by Gasteiger charge is -2.50. The molecular weight excluding hydrogens is 1010 g/mol. The first-order chi connectivity index (χ1) is 32.7. The number of nitrogens with zero attached hydrogens (tertiary/aromatic N) is 6. The van der Waals surface area contributed by atoms with Crippen molar-refractivity contribution in [3.8, 4) is 11.8 Å². The van der Waals surface area contributed by atoms with Gasteiger partial charge in [-0.25, -0.2) is 19.6 Å². The highest BCUT2D eigenvalue weighted by Gasteiger charge is 2.42. The first-order valence-electron chi connectivity index (χ1n) is 25.5. The fourth-order valence-electron chi connectivity index (χ4n) is 10.3. The van der Waals surface area contributed by atoms with Crippen molar-refractivity contribution < 1.29 is 42.8 Å². The Labute approximate surface area is 427 Å². The van der Waals surface area contributed by atoms with Gasteiger partial charge in [-0.15, -0.1) is 0 Å². The first kappa shape index (κ1) is 53.5. The summed E-state index contributed by atoms with van der Waals surface area (Å²) in [6.07, 6.45) is 15.4. The molecule has 0 aromatic carbocycles. The molecular formula is C52H78Br2N6O9. The molecule has 4 aliphatic heterocycles. The summed E-state index contributed by atoms with van der Waals surface area (Å²) in [7, 11) is 0. The van der Waals surface area contributed by atoms with Gasteiger partial charge in [0.1, 0.15) is 23.4 Å². The molecule has 69 heavy (non-hydrogen) atoms. The van der Waals surface area contributed by atoms with Gasteiger partial charge in [0.15, 0.2) is 0 Å². The molecule has 384 valence electrons. The van der Waals surface area contributed by atoms with Crippen molar-refractivity contribution in [2.24, 2.45) is 11.8 Å². The second kappa shape index (κ2) is 23.5. The summed E-state index contributed by atoms with van der Waals surface area (Å²) < 4.78 is 37.5. The van der Waals surface area contributed by atoms with Crippen LogP contribution in [0.3, 0.4) is 0 Å². The number of hydrogen-bond acceptors (Lipinski definition) is 12. The van der Waals surface area contributed by atoms with Gasteiger partial charge >= 0.3 is 12.2 Å². The van der Waals surface area contributed by atoms with Crippen LogP contribution >= 0.6 is 31.9 Å². The van der Waals surface area contributed by atoms with Gasteiger partial charge in [-0.1, -0.05) is 31.9 Å². The summed E-state index contributed by atoms with van der Waals surface area (Å²) >= 11 is 6.90. The van der Waals surface area contributed by atoms with Crippen molar-refractivity contribution in [3.05, 3.63) is 45.6 Å². The van der Waals surface area contributed by atoms with Crippen LogP contribution in [0.1, 0.15) is 132 Å². The highest BCUT2D eigenvalue weighted by molar-refractivity contribution is 9.10. The predicted molar refractivity (Wildman–Crippen MR) is 270 cm³/mol. The average molecular weight is 1090 g/mol. The van der Waals surface area contributed by atoms with Gasteiger partial charge in [0.05, 0.1) is 24.4 Å². The molecule has 3 amide bonds. The highest BCUT2D eigenvalue weighted by Crippen LogP contribution is 2.37. The van der Waals surface area contributed by atoms with Crippen LogP contribution in [0.15, 0.2) is 45.6 Å². The van der Waals surface area contributed by atoms with E-state index in [-0.39, 0.29) is 54.0 Å². The fraction of sp³-hybridized carbons (Fsp3) is 0.750. The number of amides is 3. The summed E-state index contributed by atoms with van der Waals surface area (Å²) in [6, 6.07) is 7.57. The average Bonchev–Trinajstić information content (AvgIpc) is 3.27. The number of pyridine rings is 2. The Kier molecular flexibility index (Phi) is 18.3. The molecule has 0 N–H and O–H groups in total. The Morgan fingerprint density at radius 3 is 1.32 bits per heavy atom. The van der Waals surface area contributed by atoms with E-state index in [1.807, 2.05) is 75.6 Å². The minimum atomic E-state index is -0.500. The van der Waals surface area contributed by atoms with Crippen molar-refractivity contribution in [1.29, 1.82) is 0 Å². The molecule has 6 heterocycles. The molecule has 6 aliphatic rings. The molecule has 2 aliphatic carbocycles. The maximum atomic E-state index is 13.0. The lowest BCUT2D eigenvalue weighted by atomic mass is 9.78. The Morgan fingerprint density at radius 2 is 0.913 bits per heavy atom. The molecule has 0 spiro atoms. The third-order valence-electron chi connectivity index (χ3n) is 14.5. The molecule has 6 fully saturated rings. The summed E-state index contributed by atoms with van der Waals surface area (Å²) in [5.74, 6) is 2.11. The lowest BCUT2D eigenvalue weighted by Crippen LogP contribution is -2.56. The minimum absolute atomic E-state index is 0.00710. The molecule has 4 saturated heterocycles. The number of piperidine rings is 4. The van der Waals surface area contributed by atoms with E-state index in [4.69, 9.17) is 28.4 Å². The van der Waals surface area contributed by atoms with E-state index in [0.717, 1.165) is 112 Å². The standard InChI is InChI=1S/C27H42BrN3O4.C25H36BrN3O5/c1-26(2,3)35-25(32)30-12-7-19(8-13-30)27(4,5)31-14-9-21(10-15-31)33-22-17-23(18-22)34-24-16-20(28)6-11-29-24;1-25(2,3)34-24(31)29-10-5-17(6-11-29)23(30)28-12-7-19(8-13-28)32-20-15-21(16-20)33-22-14-18(26)4-9-27-22/h6,11,16,19,21-23H,7-10,12-15,17-18H2,1-5H3;4,9,14,17,19-21H,5-8,10-13,15-16H2,1-3H3. The van der Waals surface area contributed by atoms with Crippen LogP contribution in [0.5, 0.6) is 11.8 Å². The first-order valence-corrected chi connectivity index (χ1v) is 27.1. The third-order valence-corrected chi connectivity index (χ3v) is 15.5. The van der Waals surface area contributed by atoms with E-state index < -0.39 is 11.2 Å². The van der Waals surface area contributed by atoms with Gasteiger partial charge in [0.25, 0.3) is 0 Å². The van der Waals surface area contributed by atoms with Gasteiger partial charge in [-0.05, 0) is 125 Å². The van der Waals surface area contributed by atoms with Crippen molar-refractivity contribution in [2.75, 3.05) is 52.4 Å². The number of carbonyl (C=O) groups excluding carboxylic acids is 3. The van der Waals surface area contributed by atoms with Crippen molar-refractivity contribution in [3.63, 3.8) is 0 Å². The highest BCUT2D eigenvalue weighted by atomic mass is 79.9. The molecule has 0 bridgehead atoms. The van der Waals surface area contributed by atoms with Crippen LogP contribution in [0.25, 0.3) is 0 Å². The smallest absolute Gasteiger partial charge is 0.410 e. The van der Waals surface area contributed by atoms with Crippen molar-refractivity contribution >= 4 is 50.0 Å². The third kappa shape index (κ3) is 15.9. The second-order valence-corrected chi connectivity index (χ2v) is 24.2. The molecule has 17 heteroatoms. The Balaban J connectivity index is 0.000000204. The van der Waals surface area contributed by atoms with Crippen LogP contribution in [0.2, 0.25) is 0 Å².